The van der Waals surface area contributed by atoms with E-state index < -0.39 is 14.8 Å². The summed E-state index contributed by atoms with van der Waals surface area (Å²) in [5.74, 6) is -0.158. The molecule has 8 heteroatoms. The zero-order valence-electron chi connectivity index (χ0n) is 21.5. The Kier molecular flexibility index (Phi) is 22.7. The van der Waals surface area contributed by atoms with Crippen molar-refractivity contribution in [1.29, 1.82) is 0 Å². The van der Waals surface area contributed by atoms with Gasteiger partial charge in [-0.2, -0.15) is 0 Å². The van der Waals surface area contributed by atoms with Crippen molar-refractivity contribution in [2.45, 2.75) is 96.1 Å². The highest BCUT2D eigenvalue weighted by atomic mass is 28.4. The van der Waals surface area contributed by atoms with Crippen LogP contribution < -0.4 is 0 Å². The molecule has 0 aromatic carbocycles. The van der Waals surface area contributed by atoms with E-state index >= 15 is 0 Å². The summed E-state index contributed by atoms with van der Waals surface area (Å²) >= 11 is 0. The molecule has 0 bridgehead atoms. The van der Waals surface area contributed by atoms with Crippen molar-refractivity contribution >= 4 is 19.0 Å². The maximum Gasteiger partial charge on any atom is 0.500 e. The minimum Gasteiger partial charge on any atom is -0.377 e. The molecule has 0 saturated carbocycles. The van der Waals surface area contributed by atoms with E-state index in [2.05, 4.69) is 13.8 Å². The summed E-state index contributed by atoms with van der Waals surface area (Å²) in [5, 5.41) is 0. The number of ether oxygens (including phenoxy) is 3. The third kappa shape index (κ3) is 14.3. The van der Waals surface area contributed by atoms with Crippen LogP contribution >= 0.6 is 0 Å². The van der Waals surface area contributed by atoms with Crippen molar-refractivity contribution in [2.75, 3.05) is 42.7 Å². The van der Waals surface area contributed by atoms with E-state index in [1.807, 2.05) is 0 Å². The molecule has 0 aliphatic heterocycles. The van der Waals surface area contributed by atoms with Crippen molar-refractivity contribution in [3.63, 3.8) is 0 Å². The second-order valence-electron chi connectivity index (χ2n) is 7.73. The number of hydrogen-bond acceptors (Lipinski definition) is 6. The highest BCUT2D eigenvalue weighted by molar-refractivity contribution is 6.60. The molecule has 0 aliphatic carbocycles. The molecule has 0 amide bonds. The number of rotatable bonds is 19. The minimum absolute atomic E-state index is 0.663. The SMILES string of the molecule is CCCCC(CC)C[Si](OC)(OC)OC.COC(CCCCCCC[SiH3])(OC)OC. The first-order valence-corrected chi connectivity index (χ1v) is 15.1. The molecule has 0 aliphatic rings. The first-order valence-electron chi connectivity index (χ1n) is 11.7. The van der Waals surface area contributed by atoms with Gasteiger partial charge in [-0.1, -0.05) is 71.3 Å². The second-order valence-corrected chi connectivity index (χ2v) is 11.7. The van der Waals surface area contributed by atoms with Gasteiger partial charge in [0.05, 0.1) is 0 Å². The molecule has 184 valence electrons. The fraction of sp³-hybridized carbons (Fsp3) is 1.00. The van der Waals surface area contributed by atoms with Gasteiger partial charge >= 0.3 is 8.80 Å². The smallest absolute Gasteiger partial charge is 0.377 e. The van der Waals surface area contributed by atoms with E-state index in [-0.39, 0.29) is 0 Å². The summed E-state index contributed by atoms with van der Waals surface area (Å²) in [6.45, 7) is 4.45. The molecule has 0 aromatic heterocycles. The quantitative estimate of drug-likeness (QED) is 0.154. The molecular formula is C22H52O6Si2. The van der Waals surface area contributed by atoms with Gasteiger partial charge in [-0.25, -0.2) is 0 Å². The van der Waals surface area contributed by atoms with Gasteiger partial charge in [0.15, 0.2) is 0 Å². The Morgan fingerprint density at radius 3 is 1.63 bits per heavy atom. The van der Waals surface area contributed by atoms with Crippen LogP contribution in [0.4, 0.5) is 0 Å². The molecule has 30 heavy (non-hydrogen) atoms. The van der Waals surface area contributed by atoms with Crippen LogP contribution in [0.25, 0.3) is 0 Å². The van der Waals surface area contributed by atoms with Gasteiger partial charge < -0.3 is 27.5 Å². The van der Waals surface area contributed by atoms with Crippen molar-refractivity contribution in [3.8, 4) is 0 Å². The molecule has 1 atom stereocenters. The average molecular weight is 469 g/mol. The molecule has 0 aromatic rings. The molecular weight excluding hydrogens is 416 g/mol. The van der Waals surface area contributed by atoms with Gasteiger partial charge in [-0.15, -0.1) is 0 Å². The van der Waals surface area contributed by atoms with E-state index in [4.69, 9.17) is 27.5 Å². The van der Waals surface area contributed by atoms with Crippen molar-refractivity contribution in [1.82, 2.24) is 0 Å². The standard InChI is InChI=1S/2C11H26O3Si/c1-6-8-9-11(7-2)10-15(12-3,13-4)14-5;1-12-11(13-2,14-3)9-7-5-4-6-8-10-15/h11H,6-10H2,1-5H3;4-10H2,1-3,15H3. The Bertz CT molecular complexity index is 336. The molecule has 0 fully saturated rings. The molecule has 0 rings (SSSR count). The van der Waals surface area contributed by atoms with E-state index in [0.717, 1.165) is 18.9 Å². The summed E-state index contributed by atoms with van der Waals surface area (Å²) < 4.78 is 32.0. The minimum atomic E-state index is -2.35. The highest BCUT2D eigenvalue weighted by Gasteiger charge is 2.39. The van der Waals surface area contributed by atoms with Crippen LogP contribution in [-0.2, 0) is 27.5 Å². The van der Waals surface area contributed by atoms with E-state index in [0.29, 0.717) is 5.92 Å². The largest absolute Gasteiger partial charge is 0.500 e. The predicted molar refractivity (Wildman–Crippen MR) is 131 cm³/mol. The lowest BCUT2D eigenvalue weighted by Crippen LogP contribution is -2.44. The van der Waals surface area contributed by atoms with E-state index in [1.54, 1.807) is 42.7 Å². The summed E-state index contributed by atoms with van der Waals surface area (Å²) in [5.41, 5.74) is 0. The highest BCUT2D eigenvalue weighted by Crippen LogP contribution is 2.26. The van der Waals surface area contributed by atoms with Crippen LogP contribution in [0.2, 0.25) is 12.1 Å². The molecule has 0 radical (unpaired) electrons. The lowest BCUT2D eigenvalue weighted by atomic mass is 10.0. The fourth-order valence-electron chi connectivity index (χ4n) is 3.47. The molecule has 0 heterocycles. The first kappa shape index (κ1) is 32.4. The van der Waals surface area contributed by atoms with Crippen LogP contribution in [0.3, 0.4) is 0 Å². The van der Waals surface area contributed by atoms with Crippen molar-refractivity contribution in [3.05, 3.63) is 0 Å². The topological polar surface area (TPSA) is 55.4 Å². The number of methoxy groups -OCH3 is 3. The lowest BCUT2D eigenvalue weighted by molar-refractivity contribution is -0.355. The monoisotopic (exact) mass is 468 g/mol. The maximum absolute atomic E-state index is 5.44. The van der Waals surface area contributed by atoms with Gasteiger partial charge in [-0.3, -0.25) is 0 Å². The van der Waals surface area contributed by atoms with Crippen LogP contribution in [0, 0.1) is 5.92 Å². The zero-order chi connectivity index (χ0) is 23.3. The third-order valence-corrected chi connectivity index (χ3v) is 9.43. The first-order chi connectivity index (χ1) is 14.4. The van der Waals surface area contributed by atoms with Crippen LogP contribution in [0.5, 0.6) is 0 Å². The molecule has 0 spiro atoms. The molecule has 1 unspecified atom stereocenters. The number of hydrogen-bond donors (Lipinski definition) is 0. The van der Waals surface area contributed by atoms with E-state index in [1.165, 1.54) is 67.7 Å². The molecule has 0 N–H and O–H groups in total. The van der Waals surface area contributed by atoms with E-state index in [9.17, 15) is 0 Å². The molecule has 0 saturated heterocycles. The lowest BCUT2D eigenvalue weighted by Gasteiger charge is -2.28. The van der Waals surface area contributed by atoms with Crippen LogP contribution in [-0.4, -0.2) is 67.7 Å². The fourth-order valence-corrected chi connectivity index (χ4v) is 6.17. The zero-order valence-corrected chi connectivity index (χ0v) is 24.5. The van der Waals surface area contributed by atoms with Crippen LogP contribution in [0.15, 0.2) is 0 Å². The predicted octanol–water partition coefficient (Wildman–Crippen LogP) is 4.78. The summed E-state index contributed by atoms with van der Waals surface area (Å²) in [6.07, 6.45) is 12.2. The second kappa shape index (κ2) is 21.1. The Morgan fingerprint density at radius 2 is 1.23 bits per heavy atom. The third-order valence-electron chi connectivity index (χ3n) is 5.78. The average Bonchev–Trinajstić information content (AvgIpc) is 2.80. The summed E-state index contributed by atoms with van der Waals surface area (Å²) in [6, 6.07) is 2.37. The van der Waals surface area contributed by atoms with Gasteiger partial charge in [-0.05, 0) is 12.3 Å². The molecule has 6 nitrogen and oxygen atoms in total. The Balaban J connectivity index is 0. The van der Waals surface area contributed by atoms with Gasteiger partial charge in [0.2, 0.25) is 0 Å². The van der Waals surface area contributed by atoms with Gasteiger partial charge in [0.1, 0.15) is 0 Å². The Hall–Kier alpha value is 0.194. The van der Waals surface area contributed by atoms with Gasteiger partial charge in [0, 0.05) is 65.4 Å². The van der Waals surface area contributed by atoms with Crippen LogP contribution in [0.1, 0.15) is 78.1 Å². The normalized spacial score (nSPS) is 13.2. The Labute approximate surface area is 191 Å². The summed E-state index contributed by atoms with van der Waals surface area (Å²) in [4.78, 5) is 0. The summed E-state index contributed by atoms with van der Waals surface area (Å²) in [7, 11) is 8.91. The van der Waals surface area contributed by atoms with Crippen molar-refractivity contribution < 1.29 is 27.5 Å². The van der Waals surface area contributed by atoms with Crippen molar-refractivity contribution in [2.24, 2.45) is 5.92 Å². The maximum atomic E-state index is 5.44. The Morgan fingerprint density at radius 1 is 0.733 bits per heavy atom. The van der Waals surface area contributed by atoms with Gasteiger partial charge in [0.25, 0.3) is 5.97 Å². The number of unbranched alkanes of at least 4 members (excludes halogenated alkanes) is 5.